The molecule has 0 spiro atoms. The smallest absolute Gasteiger partial charge is 0.180 e. The second-order valence-corrected chi connectivity index (χ2v) is 1.96. The van der Waals surface area contributed by atoms with Crippen LogP contribution in [0.2, 0.25) is 6.32 Å². The average molecular weight is 70.9 g/mol. The molecule has 1 aliphatic heterocycles. The van der Waals surface area contributed by atoms with E-state index >= 15 is 0 Å². The van der Waals surface area contributed by atoms with Crippen molar-refractivity contribution in [3.05, 3.63) is 0 Å². The van der Waals surface area contributed by atoms with Crippen molar-refractivity contribution in [2.45, 2.75) is 12.7 Å². The van der Waals surface area contributed by atoms with Crippen LogP contribution in [-0.2, 0) is 0 Å². The maximum absolute atomic E-state index is 2.49. The molecule has 0 aromatic rings. The Balaban J connectivity index is 2.08. The van der Waals surface area contributed by atoms with E-state index in [1.54, 1.807) is 6.32 Å². The second kappa shape index (κ2) is 1.46. The van der Waals surface area contributed by atoms with Crippen LogP contribution < -0.4 is 5.23 Å². The molecule has 1 heterocycles. The van der Waals surface area contributed by atoms with Gasteiger partial charge in [-0.1, -0.05) is 0 Å². The van der Waals surface area contributed by atoms with Crippen LogP contribution in [-0.4, -0.2) is 14.0 Å². The van der Waals surface area contributed by atoms with E-state index in [1.165, 1.54) is 13.0 Å². The van der Waals surface area contributed by atoms with Gasteiger partial charge in [-0.05, 0) is 6.42 Å². The zero-order valence-corrected chi connectivity index (χ0v) is 3.70. The molecule has 0 atom stereocenters. The van der Waals surface area contributed by atoms with Crippen molar-refractivity contribution in [1.82, 2.24) is 0 Å². The predicted molar refractivity (Wildman–Crippen MR) is 24.8 cm³/mol. The highest BCUT2D eigenvalue weighted by atomic mass is 14.8. The molecule has 1 fully saturated rings. The zero-order valence-electron chi connectivity index (χ0n) is 3.70. The van der Waals surface area contributed by atoms with Crippen LogP contribution >= 0.6 is 0 Å². The summed E-state index contributed by atoms with van der Waals surface area (Å²) in [6.07, 6.45) is 3.07. The lowest BCUT2D eigenvalue weighted by Crippen LogP contribution is -2.83. The van der Waals surface area contributed by atoms with Gasteiger partial charge in [0.25, 0.3) is 0 Å². The molecular weight excluding hydrogens is 60.9 g/mol. The zero-order chi connectivity index (χ0) is 3.54. The van der Waals surface area contributed by atoms with E-state index in [0.717, 1.165) is 0 Å². The van der Waals surface area contributed by atoms with E-state index in [4.69, 9.17) is 0 Å². The summed E-state index contributed by atoms with van der Waals surface area (Å²) in [5.41, 5.74) is 0. The summed E-state index contributed by atoms with van der Waals surface area (Å²) in [5.74, 6) is 0. The first kappa shape index (κ1) is 3.22. The third kappa shape index (κ3) is 0.654. The molecule has 0 aromatic heterocycles. The molecule has 0 amide bonds. The molecule has 1 rings (SSSR count). The molecule has 0 bridgehead atoms. The van der Waals surface area contributed by atoms with Gasteiger partial charge in [-0.2, -0.15) is 0 Å². The van der Waals surface area contributed by atoms with Crippen LogP contribution in [0.4, 0.5) is 0 Å². The van der Waals surface area contributed by atoms with Crippen molar-refractivity contribution in [3.63, 3.8) is 0 Å². The number of nitrogens with two attached hydrogens (primary N) is 1. The van der Waals surface area contributed by atoms with E-state index in [2.05, 4.69) is 5.23 Å². The van der Waals surface area contributed by atoms with Crippen LogP contribution in [0.25, 0.3) is 0 Å². The number of rotatable bonds is 0. The van der Waals surface area contributed by atoms with E-state index in [1.807, 2.05) is 0 Å². The molecule has 0 saturated carbocycles. The lowest BCUT2D eigenvalue weighted by Gasteiger charge is -1.82. The Hall–Kier alpha value is 0.0249. The third-order valence-corrected chi connectivity index (χ3v) is 1.42. The Kier molecular flexibility index (Phi) is 0.940. The Morgan fingerprint density at radius 3 is 2.80 bits per heavy atom. The van der Waals surface area contributed by atoms with Gasteiger partial charge in [-0.15, -0.1) is 6.32 Å². The summed E-state index contributed by atoms with van der Waals surface area (Å²) < 4.78 is 0. The monoisotopic (exact) mass is 71.1 g/mol. The molecular formula is C3H10BN. The van der Waals surface area contributed by atoms with Gasteiger partial charge in [-0.3, -0.25) is 0 Å². The maximum Gasteiger partial charge on any atom is 0.180 e. The first-order valence-corrected chi connectivity index (χ1v) is 2.69. The fourth-order valence-corrected chi connectivity index (χ4v) is 1.02. The molecule has 0 unspecified atom stereocenters. The topological polar surface area (TPSA) is 16.6 Å². The van der Waals surface area contributed by atoms with Gasteiger partial charge in [-0.25, -0.2) is 0 Å². The van der Waals surface area contributed by atoms with Gasteiger partial charge in [0.1, 0.15) is 0 Å². The van der Waals surface area contributed by atoms with Gasteiger partial charge in [0, 0.05) is 6.54 Å². The molecule has 0 aromatic carbocycles. The number of quaternary nitrogens is 1. The Morgan fingerprint density at radius 1 is 1.60 bits per heavy atom. The largest absolute Gasteiger partial charge is 0.542 e. The van der Waals surface area contributed by atoms with Crippen LogP contribution in [0.5, 0.6) is 0 Å². The van der Waals surface area contributed by atoms with Gasteiger partial charge in [0.05, 0.1) is 0 Å². The summed E-state index contributed by atoms with van der Waals surface area (Å²) in [6, 6.07) is 0. The van der Waals surface area contributed by atoms with E-state index in [-0.39, 0.29) is 0 Å². The minimum Gasteiger partial charge on any atom is -0.542 e. The molecule has 2 N–H and O–H groups in total. The van der Waals surface area contributed by atoms with E-state index in [0.29, 0.717) is 7.41 Å². The molecule has 30 valence electrons. The highest BCUT2D eigenvalue weighted by Crippen LogP contribution is 1.82. The summed E-state index contributed by atoms with van der Waals surface area (Å²) in [4.78, 5) is 0. The highest BCUT2D eigenvalue weighted by Gasteiger charge is 1.92. The summed E-state index contributed by atoms with van der Waals surface area (Å²) in [5, 5.41) is 2.49. The van der Waals surface area contributed by atoms with Gasteiger partial charge in [0.2, 0.25) is 0 Å². The average Bonchev–Trinajstić information content (AvgIpc) is 1.76. The van der Waals surface area contributed by atoms with Crippen molar-refractivity contribution in [1.29, 1.82) is 0 Å². The number of hydrogen-bond donors (Lipinski definition) is 1. The Labute approximate surface area is 33.0 Å². The van der Waals surface area contributed by atoms with Crippen molar-refractivity contribution in [2.24, 2.45) is 0 Å². The van der Waals surface area contributed by atoms with Crippen molar-refractivity contribution < 1.29 is 5.23 Å². The first-order chi connectivity index (χ1) is 2.50. The molecule has 1 aliphatic rings. The minimum atomic E-state index is 0.514. The van der Waals surface area contributed by atoms with Crippen molar-refractivity contribution in [2.75, 3.05) is 6.54 Å². The van der Waals surface area contributed by atoms with Crippen LogP contribution in [0.15, 0.2) is 0 Å². The SMILES string of the molecule is [BH2-]1CCC[NH2+]1. The fraction of sp³-hybridized carbons (Fsp3) is 1.00. The third-order valence-electron chi connectivity index (χ3n) is 1.42. The Bertz CT molecular complexity index is 18.5. The lowest BCUT2D eigenvalue weighted by molar-refractivity contribution is -0.502. The summed E-state index contributed by atoms with van der Waals surface area (Å²) >= 11 is 0. The number of hydrogen-bond acceptors (Lipinski definition) is 0. The van der Waals surface area contributed by atoms with Gasteiger partial charge in [0.15, 0.2) is 7.41 Å². The highest BCUT2D eigenvalue weighted by molar-refractivity contribution is 6.24. The molecule has 5 heavy (non-hydrogen) atoms. The van der Waals surface area contributed by atoms with Crippen molar-refractivity contribution in [3.8, 4) is 0 Å². The Morgan fingerprint density at radius 2 is 2.60 bits per heavy atom. The van der Waals surface area contributed by atoms with Crippen LogP contribution in [0.1, 0.15) is 6.42 Å². The quantitative estimate of drug-likeness (QED) is 0.333. The van der Waals surface area contributed by atoms with Crippen molar-refractivity contribution >= 4 is 7.41 Å². The standard InChI is InChI=1S/C3H10BN/c1-2-4-5-3-1/h1-5H2. The van der Waals surface area contributed by atoms with Crippen LogP contribution in [0, 0.1) is 0 Å². The molecule has 1 nitrogen and oxygen atoms in total. The molecule has 0 aliphatic carbocycles. The molecule has 0 radical (unpaired) electrons. The van der Waals surface area contributed by atoms with E-state index < -0.39 is 0 Å². The predicted octanol–water partition coefficient (Wildman–Crippen LogP) is -1.54. The van der Waals surface area contributed by atoms with Crippen LogP contribution in [0.3, 0.4) is 0 Å². The maximum atomic E-state index is 2.49. The van der Waals surface area contributed by atoms with Gasteiger partial charge >= 0.3 is 0 Å². The molecule has 1 saturated heterocycles. The molecule has 2 heteroatoms. The minimum absolute atomic E-state index is 0.514. The normalized spacial score (nSPS) is 24.0. The summed E-state index contributed by atoms with van der Waals surface area (Å²) in [6.45, 7) is 1.43. The fourth-order valence-electron chi connectivity index (χ4n) is 1.02. The first-order valence-electron chi connectivity index (χ1n) is 2.69. The summed E-state index contributed by atoms with van der Waals surface area (Å²) in [7, 11) is 0.514. The van der Waals surface area contributed by atoms with E-state index in [9.17, 15) is 0 Å². The lowest BCUT2D eigenvalue weighted by atomic mass is 9.94. The van der Waals surface area contributed by atoms with Gasteiger partial charge < -0.3 is 5.23 Å². The second-order valence-electron chi connectivity index (χ2n) is 1.96.